The average molecular weight is 887 g/mol. The van der Waals surface area contributed by atoms with Gasteiger partial charge < -0.3 is 44.2 Å². The molecule has 1 saturated carbocycles. The van der Waals surface area contributed by atoms with E-state index in [0.717, 1.165) is 27.7 Å². The number of nitrogens with one attached hydrogen (secondary N) is 1. The number of carbonyl (C=O) groups excluding carboxylic acids is 3. The number of rotatable bonds is 11. The number of aliphatic hydroxyl groups is 3. The molecular formula is C48H62N4O10S. The quantitative estimate of drug-likeness (QED) is 0.0941. The first-order valence-electron chi connectivity index (χ1n) is 22.5. The first-order valence-corrected chi connectivity index (χ1v) is 23.6. The highest BCUT2D eigenvalue weighted by molar-refractivity contribution is 7.99. The zero-order valence-electron chi connectivity index (χ0n) is 37.3. The molecule has 1 unspecified atom stereocenters. The summed E-state index contributed by atoms with van der Waals surface area (Å²) in [6.45, 7) is 8.39. The molecule has 6 heterocycles. The van der Waals surface area contributed by atoms with E-state index in [-0.39, 0.29) is 24.4 Å². The predicted molar refractivity (Wildman–Crippen MR) is 239 cm³/mol. The van der Waals surface area contributed by atoms with E-state index < -0.39 is 57.5 Å². The van der Waals surface area contributed by atoms with Gasteiger partial charge in [-0.1, -0.05) is 44.2 Å². The molecule has 9 rings (SSSR count). The van der Waals surface area contributed by atoms with Crippen molar-refractivity contribution in [2.75, 3.05) is 77.2 Å². The van der Waals surface area contributed by atoms with E-state index in [0.29, 0.717) is 94.0 Å². The minimum atomic E-state index is -2.38. The monoisotopic (exact) mass is 886 g/mol. The highest BCUT2D eigenvalue weighted by atomic mass is 32.2. The third kappa shape index (κ3) is 6.19. The number of aliphatic hydroxyl groups excluding tert-OH is 1. The third-order valence-electron chi connectivity index (χ3n) is 15.9. The zero-order chi connectivity index (χ0) is 44.7. The van der Waals surface area contributed by atoms with Gasteiger partial charge in [0.2, 0.25) is 5.60 Å². The first-order chi connectivity index (χ1) is 30.3. The predicted octanol–water partition coefficient (Wildman–Crippen LogP) is 4.04. The van der Waals surface area contributed by atoms with Crippen LogP contribution in [-0.4, -0.2) is 150 Å². The van der Waals surface area contributed by atoms with Crippen molar-refractivity contribution >= 4 is 46.3 Å². The van der Waals surface area contributed by atoms with Crippen LogP contribution in [0.3, 0.4) is 0 Å². The van der Waals surface area contributed by atoms with E-state index in [4.69, 9.17) is 18.9 Å². The lowest BCUT2D eigenvalue weighted by Crippen LogP contribution is -2.81. The number of aromatic amines is 1. The number of piperidine rings is 1. The molecule has 0 amide bonds. The summed E-state index contributed by atoms with van der Waals surface area (Å²) in [6.07, 6.45) is 5.71. The minimum absolute atomic E-state index is 0.0822. The molecule has 340 valence electrons. The van der Waals surface area contributed by atoms with Crippen LogP contribution in [-0.2, 0) is 45.8 Å². The fraction of sp³-hybridized carbons (Fsp3) is 0.604. The van der Waals surface area contributed by atoms with Gasteiger partial charge >= 0.3 is 17.9 Å². The summed E-state index contributed by atoms with van der Waals surface area (Å²) in [5, 5.41) is 36.7. The summed E-state index contributed by atoms with van der Waals surface area (Å²) < 4.78 is 24.2. The molecule has 2 aromatic carbocycles. The number of fused-ring (bicyclic) bond motifs is 6. The van der Waals surface area contributed by atoms with Gasteiger partial charge in [0.15, 0.2) is 6.10 Å². The molecule has 5 aliphatic heterocycles. The van der Waals surface area contributed by atoms with E-state index in [2.05, 4.69) is 26.9 Å². The molecule has 3 fully saturated rings. The Morgan fingerprint density at radius 1 is 0.968 bits per heavy atom. The van der Waals surface area contributed by atoms with Gasteiger partial charge in [-0.25, -0.2) is 4.79 Å². The van der Waals surface area contributed by atoms with Crippen LogP contribution in [0, 0.1) is 11.3 Å². The van der Waals surface area contributed by atoms with Crippen LogP contribution in [0.5, 0.6) is 5.75 Å². The van der Waals surface area contributed by atoms with E-state index in [1.165, 1.54) is 32.9 Å². The molecule has 14 nitrogen and oxygen atoms in total. The third-order valence-corrected chi connectivity index (χ3v) is 16.9. The van der Waals surface area contributed by atoms with Gasteiger partial charge in [-0.3, -0.25) is 19.4 Å². The van der Waals surface area contributed by atoms with E-state index in [1.807, 2.05) is 55.2 Å². The molecule has 15 heteroatoms. The molecule has 2 saturated heterocycles. The van der Waals surface area contributed by atoms with Crippen molar-refractivity contribution in [1.29, 1.82) is 0 Å². The van der Waals surface area contributed by atoms with Gasteiger partial charge in [0.25, 0.3) is 0 Å². The number of nitrogens with zero attached hydrogens (tertiary/aromatic N) is 3. The maximum atomic E-state index is 15.5. The molecular weight excluding hydrogens is 825 g/mol. The summed E-state index contributed by atoms with van der Waals surface area (Å²) in [4.78, 5) is 53.8. The summed E-state index contributed by atoms with van der Waals surface area (Å²) in [6, 6.07) is 10.8. The number of hydrogen-bond donors (Lipinski definition) is 4. The van der Waals surface area contributed by atoms with Crippen molar-refractivity contribution in [2.45, 2.75) is 99.5 Å². The summed E-state index contributed by atoms with van der Waals surface area (Å²) >= 11 is 1.46. The lowest BCUT2D eigenvalue weighted by Gasteiger charge is -2.63. The van der Waals surface area contributed by atoms with Gasteiger partial charge in [0, 0.05) is 89.6 Å². The van der Waals surface area contributed by atoms with Crippen molar-refractivity contribution in [3.63, 3.8) is 0 Å². The van der Waals surface area contributed by atoms with Crippen LogP contribution in [0.4, 0.5) is 5.69 Å². The van der Waals surface area contributed by atoms with Crippen molar-refractivity contribution < 1.29 is 48.7 Å². The fourth-order valence-corrected chi connectivity index (χ4v) is 14.4. The Hall–Kier alpha value is -4.12. The number of carbonyl (C=O) groups is 3. The number of anilines is 1. The molecule has 6 aliphatic rings. The number of aromatic nitrogens is 1. The Kier molecular flexibility index (Phi) is 11.3. The second kappa shape index (κ2) is 16.1. The Morgan fingerprint density at radius 3 is 2.44 bits per heavy atom. The van der Waals surface area contributed by atoms with Crippen LogP contribution < -0.4 is 9.64 Å². The Labute approximate surface area is 373 Å². The zero-order valence-corrected chi connectivity index (χ0v) is 38.1. The standard InChI is InChI=1S/C48H62N4O10S/c1-7-44(57)24-30-25-47(42(55)60-5,38-32(14-18-50(26-30)27-44)31-12-9-10-13-35(31)49-38)34-22-33-36(23-37(34)59-4)52(28-63-21-20-53)40-46(33)16-19-51-17-11-15-45(8-2,39(46)51)41(62-29(3)54)48(40,58)43(56)61-6/h9-13,15,22-23,30,39-41,49,53,57-58H,7-8,14,16-21,24-28H2,1-6H3/t30-,39-,40+,41+,44-,45+,46+,47-,48-/m0/s1. The van der Waals surface area contributed by atoms with Crippen LogP contribution in [0.15, 0.2) is 48.6 Å². The van der Waals surface area contributed by atoms with Crippen molar-refractivity contribution in [3.05, 3.63) is 70.9 Å². The Morgan fingerprint density at radius 2 is 1.75 bits per heavy atom. The van der Waals surface area contributed by atoms with Crippen molar-refractivity contribution in [2.24, 2.45) is 11.3 Å². The highest BCUT2D eigenvalue weighted by Gasteiger charge is 2.80. The summed E-state index contributed by atoms with van der Waals surface area (Å²) in [5.41, 5.74) is -2.05. The molecule has 1 spiro atoms. The average Bonchev–Trinajstić information content (AvgIpc) is 3.96. The Balaban J connectivity index is 1.38. The van der Waals surface area contributed by atoms with Crippen molar-refractivity contribution in [3.8, 4) is 5.75 Å². The van der Waals surface area contributed by atoms with Crippen LogP contribution in [0.25, 0.3) is 10.9 Å². The van der Waals surface area contributed by atoms with Crippen LogP contribution in [0.1, 0.15) is 75.3 Å². The van der Waals surface area contributed by atoms with E-state index >= 15 is 4.79 Å². The maximum Gasteiger partial charge on any atom is 0.344 e. The minimum Gasteiger partial charge on any atom is -0.496 e. The maximum absolute atomic E-state index is 15.5. The molecule has 2 bridgehead atoms. The first kappa shape index (κ1) is 44.1. The molecule has 1 aromatic heterocycles. The largest absolute Gasteiger partial charge is 0.496 e. The number of para-hydroxylation sites is 1. The SMILES string of the molecule is CC[C@]1(O)C[C@@H]2CN(CCc3c([nH]c4ccccc34)[C@@](C(=O)OC)(c3cc4c(cc3OC)N(CSCCO)[C@H]3[C@@](O)(C(=O)OC)[C@H](OC(C)=O)[C@]5(CC)C=CCN6CC[C@]43[C@@H]65)C2)C1. The molecule has 10 atom stereocenters. The number of methoxy groups -OCH3 is 3. The number of ether oxygens (including phenoxy) is 4. The molecule has 0 radical (unpaired) electrons. The highest BCUT2D eigenvalue weighted by Crippen LogP contribution is 2.68. The lowest BCUT2D eigenvalue weighted by atomic mass is 9.47. The van der Waals surface area contributed by atoms with Gasteiger partial charge in [0.1, 0.15) is 11.2 Å². The van der Waals surface area contributed by atoms with Crippen LogP contribution in [0.2, 0.25) is 0 Å². The number of hydrogen-bond acceptors (Lipinski definition) is 14. The number of thioether (sulfide) groups is 1. The second-order valence-corrected chi connectivity index (χ2v) is 19.9. The lowest BCUT2D eigenvalue weighted by molar-refractivity contribution is -0.228. The smallest absolute Gasteiger partial charge is 0.344 e. The van der Waals surface area contributed by atoms with Gasteiger partial charge in [0.05, 0.1) is 45.5 Å². The van der Waals surface area contributed by atoms with E-state index in [1.54, 1.807) is 7.11 Å². The van der Waals surface area contributed by atoms with Crippen molar-refractivity contribution in [1.82, 2.24) is 14.8 Å². The van der Waals surface area contributed by atoms with E-state index in [9.17, 15) is 24.9 Å². The number of H-pyrrole nitrogens is 1. The fourth-order valence-electron chi connectivity index (χ4n) is 13.7. The second-order valence-electron chi connectivity index (χ2n) is 18.8. The molecule has 3 aromatic rings. The molecule has 1 aliphatic carbocycles. The molecule has 4 N–H and O–H groups in total. The van der Waals surface area contributed by atoms with Gasteiger partial charge in [-0.15, -0.1) is 11.8 Å². The Bertz CT molecular complexity index is 2340. The number of benzene rings is 2. The topological polar surface area (TPSA) is 174 Å². The summed E-state index contributed by atoms with van der Waals surface area (Å²) in [5.74, 6) is -1.05. The summed E-state index contributed by atoms with van der Waals surface area (Å²) in [7, 11) is 4.26. The number of esters is 3. The van der Waals surface area contributed by atoms with Crippen LogP contribution >= 0.6 is 11.8 Å². The molecule has 63 heavy (non-hydrogen) atoms. The normalized spacial score (nSPS) is 35.4. The van der Waals surface area contributed by atoms with Gasteiger partial charge in [-0.2, -0.15) is 0 Å². The van der Waals surface area contributed by atoms with Gasteiger partial charge in [-0.05, 0) is 74.2 Å².